The summed E-state index contributed by atoms with van der Waals surface area (Å²) in [7, 11) is 0. The van der Waals surface area contributed by atoms with Gasteiger partial charge in [0, 0.05) is 6.54 Å². The number of nitrogens with one attached hydrogen (secondary N) is 1. The highest BCUT2D eigenvalue weighted by molar-refractivity contribution is 5.94. The number of nitrogens with zero attached hydrogens (tertiary/aromatic N) is 1. The van der Waals surface area contributed by atoms with Crippen LogP contribution in [0.25, 0.3) is 0 Å². The monoisotopic (exact) mass is 382 g/mol. The van der Waals surface area contributed by atoms with Gasteiger partial charge >= 0.3 is 12.1 Å². The van der Waals surface area contributed by atoms with E-state index in [-0.39, 0.29) is 30.1 Å². The van der Waals surface area contributed by atoms with Gasteiger partial charge in [0.2, 0.25) is 0 Å². The average molecular weight is 382 g/mol. The number of hydrogen-bond acceptors (Lipinski definition) is 4. The predicted octanol–water partition coefficient (Wildman–Crippen LogP) is 3.10. The second kappa shape index (κ2) is 8.63. The number of hydrogen-bond donors (Lipinski definition) is 2. The van der Waals surface area contributed by atoms with Crippen molar-refractivity contribution in [3.8, 4) is 0 Å². The predicted molar refractivity (Wildman–Crippen MR) is 89.3 cm³/mol. The molecule has 144 valence electrons. The van der Waals surface area contributed by atoms with Gasteiger partial charge in [0.05, 0.1) is 17.9 Å². The minimum Gasteiger partial charge on any atom is -0.478 e. The van der Waals surface area contributed by atoms with E-state index in [1.807, 2.05) is 0 Å². The molecule has 0 atom stereocenters. The fourth-order valence-electron chi connectivity index (χ4n) is 2.22. The van der Waals surface area contributed by atoms with Crippen LogP contribution >= 0.6 is 0 Å². The molecule has 0 fully saturated rings. The number of carboxylic acids is 1. The first kappa shape index (κ1) is 20.4. The zero-order chi connectivity index (χ0) is 20.0. The first-order valence-corrected chi connectivity index (χ1v) is 7.87. The topological polar surface area (TPSA) is 88.5 Å². The number of carbonyl (C=O) groups is 2. The molecule has 0 saturated heterocycles. The van der Waals surface area contributed by atoms with Gasteiger partial charge in [-0.25, -0.2) is 9.78 Å². The van der Waals surface area contributed by atoms with Gasteiger partial charge in [-0.2, -0.15) is 13.2 Å². The Hall–Kier alpha value is -2.94. The van der Waals surface area contributed by atoms with Crippen LogP contribution in [0.4, 0.5) is 13.2 Å². The highest BCUT2D eigenvalue weighted by Crippen LogP contribution is 2.16. The first-order valence-electron chi connectivity index (χ1n) is 7.87. The summed E-state index contributed by atoms with van der Waals surface area (Å²) in [5, 5.41) is 11.6. The van der Waals surface area contributed by atoms with E-state index in [1.165, 1.54) is 19.1 Å². The van der Waals surface area contributed by atoms with Crippen molar-refractivity contribution >= 4 is 11.9 Å². The summed E-state index contributed by atoms with van der Waals surface area (Å²) in [6.07, 6.45) is -4.36. The van der Waals surface area contributed by atoms with Crippen molar-refractivity contribution in [3.63, 3.8) is 0 Å². The summed E-state index contributed by atoms with van der Waals surface area (Å²) in [5.41, 5.74) is 1.67. The largest absolute Gasteiger partial charge is 0.478 e. The maximum absolute atomic E-state index is 12.1. The van der Waals surface area contributed by atoms with Crippen LogP contribution in [0.1, 0.15) is 37.7 Å². The molecule has 0 aliphatic rings. The van der Waals surface area contributed by atoms with Crippen molar-refractivity contribution in [2.24, 2.45) is 0 Å². The second-order valence-corrected chi connectivity index (χ2v) is 5.74. The molecule has 2 aromatic rings. The van der Waals surface area contributed by atoms with Gasteiger partial charge in [-0.3, -0.25) is 4.79 Å². The number of aryl methyl sites for hydroxylation is 1. The average Bonchev–Trinajstić information content (AvgIpc) is 2.59. The molecule has 2 N–H and O–H groups in total. The van der Waals surface area contributed by atoms with E-state index in [4.69, 9.17) is 5.11 Å². The molecule has 0 bridgehead atoms. The Morgan fingerprint density at radius 3 is 2.30 bits per heavy atom. The lowest BCUT2D eigenvalue weighted by atomic mass is 10.1. The quantitative estimate of drug-likeness (QED) is 0.768. The summed E-state index contributed by atoms with van der Waals surface area (Å²) < 4.78 is 40.6. The molecular weight excluding hydrogens is 365 g/mol. The Morgan fingerprint density at radius 2 is 1.74 bits per heavy atom. The van der Waals surface area contributed by atoms with E-state index < -0.39 is 24.7 Å². The maximum atomic E-state index is 12.1. The van der Waals surface area contributed by atoms with Crippen molar-refractivity contribution in [2.75, 3.05) is 6.61 Å². The molecule has 0 saturated carbocycles. The van der Waals surface area contributed by atoms with Crippen LogP contribution in [0.2, 0.25) is 0 Å². The van der Waals surface area contributed by atoms with E-state index in [9.17, 15) is 22.8 Å². The van der Waals surface area contributed by atoms with Crippen LogP contribution in [0, 0.1) is 6.92 Å². The normalized spacial score (nSPS) is 11.3. The molecule has 27 heavy (non-hydrogen) atoms. The Morgan fingerprint density at radius 1 is 1.11 bits per heavy atom. The molecule has 1 amide bonds. The summed E-state index contributed by atoms with van der Waals surface area (Å²) in [5.74, 6) is -1.58. The number of halogens is 3. The van der Waals surface area contributed by atoms with E-state index >= 15 is 0 Å². The molecule has 0 spiro atoms. The summed E-state index contributed by atoms with van der Waals surface area (Å²) >= 11 is 0. The van der Waals surface area contributed by atoms with E-state index in [1.54, 1.807) is 24.3 Å². The van der Waals surface area contributed by atoms with E-state index in [0.717, 1.165) is 5.56 Å². The molecule has 1 aromatic heterocycles. The molecule has 0 radical (unpaired) electrons. The van der Waals surface area contributed by atoms with Crippen LogP contribution < -0.4 is 5.32 Å². The highest BCUT2D eigenvalue weighted by atomic mass is 19.4. The third kappa shape index (κ3) is 6.37. The minimum atomic E-state index is -4.36. The fourth-order valence-corrected chi connectivity index (χ4v) is 2.22. The molecule has 1 aromatic carbocycles. The van der Waals surface area contributed by atoms with Crippen molar-refractivity contribution in [2.45, 2.75) is 26.3 Å². The minimum absolute atomic E-state index is 0.0230. The van der Waals surface area contributed by atoms with Crippen LogP contribution in [0.5, 0.6) is 0 Å². The standard InChI is InChI=1S/C18H17F3N2O4/c1-11-14(17(25)26)6-7-15(23-11)16(24)22-8-12-2-4-13(5-3-12)9-27-10-18(19,20)21/h2-7H,8-10H2,1H3,(H,22,24)(H,25,26). The number of aromatic nitrogens is 1. The van der Waals surface area contributed by atoms with Crippen LogP contribution in [0.15, 0.2) is 36.4 Å². The second-order valence-electron chi connectivity index (χ2n) is 5.74. The number of pyridine rings is 1. The molecular formula is C18H17F3N2O4. The van der Waals surface area contributed by atoms with Gasteiger partial charge in [0.1, 0.15) is 12.3 Å². The van der Waals surface area contributed by atoms with Crippen LogP contribution in [0.3, 0.4) is 0 Å². The van der Waals surface area contributed by atoms with Gasteiger partial charge in [-0.1, -0.05) is 24.3 Å². The van der Waals surface area contributed by atoms with Crippen molar-refractivity contribution < 1.29 is 32.6 Å². The lowest BCUT2D eigenvalue weighted by Gasteiger charge is -2.09. The number of amides is 1. The van der Waals surface area contributed by atoms with Crippen molar-refractivity contribution in [3.05, 3.63) is 64.5 Å². The molecule has 0 aliphatic carbocycles. The summed E-state index contributed by atoms with van der Waals surface area (Å²) in [6.45, 7) is 0.215. The Labute approximate surface area is 153 Å². The molecule has 1 heterocycles. The smallest absolute Gasteiger partial charge is 0.411 e. The summed E-state index contributed by atoms with van der Waals surface area (Å²) in [4.78, 5) is 27.0. The molecule has 6 nitrogen and oxygen atoms in total. The van der Waals surface area contributed by atoms with Crippen LogP contribution in [-0.2, 0) is 17.9 Å². The number of ether oxygens (including phenoxy) is 1. The van der Waals surface area contributed by atoms with Gasteiger partial charge in [0.15, 0.2) is 0 Å². The van der Waals surface area contributed by atoms with Gasteiger partial charge in [-0.05, 0) is 30.2 Å². The molecule has 9 heteroatoms. The number of alkyl halides is 3. The first-order chi connectivity index (χ1) is 12.7. The van der Waals surface area contributed by atoms with E-state index in [2.05, 4.69) is 15.0 Å². The van der Waals surface area contributed by atoms with Gasteiger partial charge in [-0.15, -0.1) is 0 Å². The Bertz CT molecular complexity index is 820. The third-order valence-corrected chi connectivity index (χ3v) is 3.56. The molecule has 0 unspecified atom stereocenters. The Kier molecular flexibility index (Phi) is 6.51. The van der Waals surface area contributed by atoms with Crippen molar-refractivity contribution in [1.82, 2.24) is 10.3 Å². The lowest BCUT2D eigenvalue weighted by molar-refractivity contribution is -0.176. The zero-order valence-corrected chi connectivity index (χ0v) is 14.3. The number of benzene rings is 1. The maximum Gasteiger partial charge on any atom is 0.411 e. The summed E-state index contributed by atoms with van der Waals surface area (Å²) in [6, 6.07) is 9.20. The number of carbonyl (C=O) groups excluding carboxylic acids is 1. The zero-order valence-electron chi connectivity index (χ0n) is 14.3. The Balaban J connectivity index is 1.88. The van der Waals surface area contributed by atoms with E-state index in [0.29, 0.717) is 5.56 Å². The van der Waals surface area contributed by atoms with Crippen LogP contribution in [-0.4, -0.2) is 34.8 Å². The number of aromatic carboxylic acids is 1. The highest BCUT2D eigenvalue weighted by Gasteiger charge is 2.27. The number of carboxylic acid groups (broad SMARTS) is 1. The SMILES string of the molecule is Cc1nc(C(=O)NCc2ccc(COCC(F)(F)F)cc2)ccc1C(=O)O. The fraction of sp³-hybridized carbons (Fsp3) is 0.278. The third-order valence-electron chi connectivity index (χ3n) is 3.56. The van der Waals surface area contributed by atoms with Gasteiger partial charge in [0.25, 0.3) is 5.91 Å². The number of rotatable bonds is 7. The molecule has 2 rings (SSSR count). The van der Waals surface area contributed by atoms with Gasteiger partial charge < -0.3 is 15.2 Å². The lowest BCUT2D eigenvalue weighted by Crippen LogP contribution is -2.24. The molecule has 0 aliphatic heterocycles. The van der Waals surface area contributed by atoms with Crippen molar-refractivity contribution in [1.29, 1.82) is 0 Å².